The molecule has 2 heterocycles. The zero-order valence-electron chi connectivity index (χ0n) is 14.6. The number of carbonyl (C=O) groups excluding carboxylic acids is 1. The van der Waals surface area contributed by atoms with E-state index in [-0.39, 0.29) is 17.9 Å². The Morgan fingerprint density at radius 3 is 2.62 bits per heavy atom. The Balaban J connectivity index is 1.48. The molecule has 1 N–H and O–H groups in total. The fourth-order valence-electron chi connectivity index (χ4n) is 3.70. The van der Waals surface area contributed by atoms with Crippen LogP contribution in [-0.4, -0.2) is 34.5 Å². The zero-order chi connectivity index (χ0) is 17.9. The highest BCUT2D eigenvalue weighted by atomic mass is 16.6. The van der Waals surface area contributed by atoms with Gasteiger partial charge in [-0.1, -0.05) is 24.4 Å². The lowest BCUT2D eigenvalue weighted by molar-refractivity contribution is 0.0552. The van der Waals surface area contributed by atoms with Crippen LogP contribution < -0.4 is 4.90 Å². The molecule has 1 aromatic carbocycles. The number of carbonyl (C=O) groups is 1. The highest BCUT2D eigenvalue weighted by molar-refractivity contribution is 5.88. The summed E-state index contributed by atoms with van der Waals surface area (Å²) in [6, 6.07) is 7.38. The highest BCUT2D eigenvalue weighted by Gasteiger charge is 2.28. The normalized spacial score (nSPS) is 20.0. The van der Waals surface area contributed by atoms with Gasteiger partial charge in [0.25, 0.3) is 5.89 Å². The smallest absolute Gasteiger partial charge is 0.414 e. The Morgan fingerprint density at radius 2 is 1.88 bits per heavy atom. The van der Waals surface area contributed by atoms with Crippen LogP contribution in [0.3, 0.4) is 0 Å². The van der Waals surface area contributed by atoms with Gasteiger partial charge in [-0.3, -0.25) is 4.90 Å². The minimum absolute atomic E-state index is 0.199. The van der Waals surface area contributed by atoms with Crippen molar-refractivity contribution in [3.8, 4) is 11.4 Å². The van der Waals surface area contributed by atoms with Gasteiger partial charge in [0.2, 0.25) is 5.82 Å². The molecule has 1 unspecified atom stereocenters. The minimum atomic E-state index is -0.695. The van der Waals surface area contributed by atoms with Crippen molar-refractivity contribution in [3.63, 3.8) is 0 Å². The Morgan fingerprint density at radius 1 is 1.12 bits per heavy atom. The Bertz CT molecular complexity index is 752. The lowest BCUT2D eigenvalue weighted by Gasteiger charge is -2.26. The Hall–Kier alpha value is -2.41. The van der Waals surface area contributed by atoms with Crippen LogP contribution in [0.1, 0.15) is 50.5 Å². The topological polar surface area (TPSA) is 88.7 Å². The molecule has 1 saturated heterocycles. The quantitative estimate of drug-likeness (QED) is 0.897. The molecule has 138 valence electrons. The molecule has 0 spiro atoms. The molecule has 1 saturated carbocycles. The summed E-state index contributed by atoms with van der Waals surface area (Å²) in [7, 11) is 0. The third-order valence-corrected chi connectivity index (χ3v) is 5.20. The van der Waals surface area contributed by atoms with Crippen molar-refractivity contribution in [3.05, 3.63) is 30.2 Å². The van der Waals surface area contributed by atoms with Gasteiger partial charge in [0.1, 0.15) is 6.10 Å². The monoisotopic (exact) mass is 357 g/mol. The summed E-state index contributed by atoms with van der Waals surface area (Å²) < 4.78 is 10.4. The first-order valence-corrected chi connectivity index (χ1v) is 9.29. The first-order chi connectivity index (χ1) is 12.7. The van der Waals surface area contributed by atoms with Gasteiger partial charge in [-0.25, -0.2) is 4.79 Å². The van der Waals surface area contributed by atoms with E-state index in [1.165, 1.54) is 6.42 Å². The number of benzene rings is 1. The van der Waals surface area contributed by atoms with E-state index in [0.717, 1.165) is 43.4 Å². The molecule has 1 atom stereocenters. The number of aliphatic hydroxyl groups is 1. The molecule has 26 heavy (non-hydrogen) atoms. The molecule has 7 heteroatoms. The number of aromatic nitrogens is 2. The summed E-state index contributed by atoms with van der Waals surface area (Å²) >= 11 is 0. The number of rotatable bonds is 4. The molecule has 0 bridgehead atoms. The SMILES string of the molecule is O=C1OCCCN1c1ccc(-c2noc(C(O)C3CCCCC3)n2)cc1. The van der Waals surface area contributed by atoms with E-state index < -0.39 is 6.10 Å². The summed E-state index contributed by atoms with van der Waals surface area (Å²) in [5.41, 5.74) is 1.56. The number of nitrogens with zero attached hydrogens (tertiary/aromatic N) is 3. The molecular formula is C19H23N3O4. The Kier molecular flexibility index (Phi) is 4.88. The van der Waals surface area contributed by atoms with Crippen molar-refractivity contribution >= 4 is 11.8 Å². The van der Waals surface area contributed by atoms with Crippen LogP contribution in [0.25, 0.3) is 11.4 Å². The second-order valence-electron chi connectivity index (χ2n) is 6.97. The molecule has 1 aliphatic heterocycles. The molecule has 1 aliphatic carbocycles. The van der Waals surface area contributed by atoms with E-state index >= 15 is 0 Å². The average Bonchev–Trinajstić information content (AvgIpc) is 3.19. The fourth-order valence-corrected chi connectivity index (χ4v) is 3.70. The van der Waals surface area contributed by atoms with Crippen molar-refractivity contribution < 1.29 is 19.2 Å². The van der Waals surface area contributed by atoms with Gasteiger partial charge in [0.15, 0.2) is 0 Å². The van der Waals surface area contributed by atoms with Gasteiger partial charge < -0.3 is 14.4 Å². The number of anilines is 1. The van der Waals surface area contributed by atoms with Gasteiger partial charge >= 0.3 is 6.09 Å². The van der Waals surface area contributed by atoms with Crippen LogP contribution in [0.4, 0.5) is 10.5 Å². The van der Waals surface area contributed by atoms with E-state index in [2.05, 4.69) is 10.1 Å². The molecule has 4 rings (SSSR count). The standard InChI is InChI=1S/C19H23N3O4/c23-16(13-5-2-1-3-6-13)18-20-17(21-26-18)14-7-9-15(10-8-14)22-11-4-12-25-19(22)24/h7-10,13,16,23H,1-6,11-12H2. The second kappa shape index (κ2) is 7.45. The van der Waals surface area contributed by atoms with Gasteiger partial charge in [-0.2, -0.15) is 4.98 Å². The molecule has 1 amide bonds. The van der Waals surface area contributed by atoms with E-state index in [4.69, 9.17) is 9.26 Å². The van der Waals surface area contributed by atoms with Crippen molar-refractivity contribution in [1.29, 1.82) is 0 Å². The summed E-state index contributed by atoms with van der Waals surface area (Å²) in [6.07, 6.45) is 5.32. The lowest BCUT2D eigenvalue weighted by atomic mass is 9.85. The van der Waals surface area contributed by atoms with Crippen molar-refractivity contribution in [2.75, 3.05) is 18.1 Å². The molecule has 7 nitrogen and oxygen atoms in total. The van der Waals surface area contributed by atoms with Crippen molar-refractivity contribution in [1.82, 2.24) is 10.1 Å². The van der Waals surface area contributed by atoms with Crippen LogP contribution in [0.2, 0.25) is 0 Å². The number of amides is 1. The van der Waals surface area contributed by atoms with Crippen LogP contribution in [0, 0.1) is 5.92 Å². The molecule has 2 fully saturated rings. The number of hydrogen-bond donors (Lipinski definition) is 1. The molecular weight excluding hydrogens is 334 g/mol. The molecule has 0 radical (unpaired) electrons. The van der Waals surface area contributed by atoms with Crippen LogP contribution in [-0.2, 0) is 4.74 Å². The van der Waals surface area contributed by atoms with Gasteiger partial charge in [0.05, 0.1) is 6.61 Å². The lowest BCUT2D eigenvalue weighted by Crippen LogP contribution is -2.37. The fraction of sp³-hybridized carbons (Fsp3) is 0.526. The summed E-state index contributed by atoms with van der Waals surface area (Å²) in [5.74, 6) is 0.933. The zero-order valence-corrected chi connectivity index (χ0v) is 14.6. The molecule has 2 aromatic rings. The van der Waals surface area contributed by atoms with Crippen molar-refractivity contribution in [2.45, 2.75) is 44.6 Å². The maximum Gasteiger partial charge on any atom is 0.414 e. The largest absolute Gasteiger partial charge is 0.449 e. The van der Waals surface area contributed by atoms with Gasteiger partial charge in [-0.05, 0) is 49.4 Å². The summed E-state index contributed by atoms with van der Waals surface area (Å²) in [6.45, 7) is 1.13. The van der Waals surface area contributed by atoms with Gasteiger partial charge in [-0.15, -0.1) is 0 Å². The number of hydrogen-bond acceptors (Lipinski definition) is 6. The molecule has 1 aromatic heterocycles. The third kappa shape index (κ3) is 3.44. The van der Waals surface area contributed by atoms with Crippen molar-refractivity contribution in [2.24, 2.45) is 5.92 Å². The first kappa shape index (κ1) is 17.0. The second-order valence-corrected chi connectivity index (χ2v) is 6.97. The first-order valence-electron chi connectivity index (χ1n) is 9.29. The van der Waals surface area contributed by atoms with Crippen LogP contribution in [0.5, 0.6) is 0 Å². The number of cyclic esters (lactones) is 1. The highest BCUT2D eigenvalue weighted by Crippen LogP contribution is 2.34. The predicted octanol–water partition coefficient (Wildman–Crippen LogP) is 3.70. The van der Waals surface area contributed by atoms with Gasteiger partial charge in [0, 0.05) is 17.8 Å². The third-order valence-electron chi connectivity index (χ3n) is 5.20. The maximum absolute atomic E-state index is 11.8. The number of ether oxygens (including phenoxy) is 1. The summed E-state index contributed by atoms with van der Waals surface area (Å²) in [5, 5.41) is 14.5. The van der Waals surface area contributed by atoms with E-state index in [1.807, 2.05) is 24.3 Å². The van der Waals surface area contributed by atoms with E-state index in [9.17, 15) is 9.90 Å². The summed E-state index contributed by atoms with van der Waals surface area (Å²) in [4.78, 5) is 17.8. The minimum Gasteiger partial charge on any atom is -0.449 e. The number of aliphatic hydroxyl groups excluding tert-OH is 1. The maximum atomic E-state index is 11.8. The van der Waals surface area contributed by atoms with Crippen LogP contribution in [0.15, 0.2) is 28.8 Å². The molecule has 2 aliphatic rings. The van der Waals surface area contributed by atoms with Crippen LogP contribution >= 0.6 is 0 Å². The van der Waals surface area contributed by atoms with E-state index in [0.29, 0.717) is 19.0 Å². The average molecular weight is 357 g/mol. The van der Waals surface area contributed by atoms with E-state index in [1.54, 1.807) is 4.90 Å². The predicted molar refractivity (Wildman–Crippen MR) is 94.6 cm³/mol. The Labute approximate surface area is 152 Å².